The Morgan fingerprint density at radius 1 is 1.16 bits per heavy atom. The van der Waals surface area contributed by atoms with Crippen molar-refractivity contribution in [3.63, 3.8) is 0 Å². The van der Waals surface area contributed by atoms with E-state index in [2.05, 4.69) is 62.3 Å². The van der Waals surface area contributed by atoms with E-state index in [4.69, 9.17) is 0 Å². The highest BCUT2D eigenvalue weighted by molar-refractivity contribution is 5.47. The molecule has 0 amide bonds. The molecule has 0 spiro atoms. The average molecular weight is 260 g/mol. The first kappa shape index (κ1) is 14.4. The van der Waals surface area contributed by atoms with Crippen molar-refractivity contribution >= 4 is 5.69 Å². The Balaban J connectivity index is 1.94. The summed E-state index contributed by atoms with van der Waals surface area (Å²) in [4.78, 5) is 2.43. The van der Waals surface area contributed by atoms with Crippen LogP contribution in [0.1, 0.15) is 45.1 Å². The molecule has 2 heteroatoms. The second-order valence-electron chi connectivity index (χ2n) is 6.35. The molecule has 0 aromatic heterocycles. The molecule has 0 saturated carbocycles. The van der Waals surface area contributed by atoms with Gasteiger partial charge in [0.15, 0.2) is 0 Å². The van der Waals surface area contributed by atoms with Crippen molar-refractivity contribution in [2.24, 2.45) is 5.92 Å². The summed E-state index contributed by atoms with van der Waals surface area (Å²) in [5, 5.41) is 3.70. The lowest BCUT2D eigenvalue weighted by Crippen LogP contribution is -2.37. The van der Waals surface area contributed by atoms with Crippen LogP contribution in [-0.4, -0.2) is 31.1 Å². The van der Waals surface area contributed by atoms with Crippen LogP contribution in [0, 0.1) is 5.92 Å². The van der Waals surface area contributed by atoms with E-state index in [-0.39, 0.29) is 0 Å². The standard InChI is InChI=1S/C17H28N2/c1-13(2)16-6-5-7-17(12-16)18-14(3)15-8-10-19(4)11-9-15/h5-7,12-15,18H,8-11H2,1-4H3. The average Bonchev–Trinajstić information content (AvgIpc) is 2.39. The number of hydrogen-bond donors (Lipinski definition) is 1. The molecule has 19 heavy (non-hydrogen) atoms. The summed E-state index contributed by atoms with van der Waals surface area (Å²) in [6.07, 6.45) is 2.63. The van der Waals surface area contributed by atoms with Gasteiger partial charge in [-0.15, -0.1) is 0 Å². The van der Waals surface area contributed by atoms with Crippen LogP contribution in [0.15, 0.2) is 24.3 Å². The number of nitrogens with one attached hydrogen (secondary N) is 1. The molecule has 1 fully saturated rings. The summed E-state index contributed by atoms with van der Waals surface area (Å²) in [5.74, 6) is 1.40. The summed E-state index contributed by atoms with van der Waals surface area (Å²) in [6, 6.07) is 9.44. The van der Waals surface area contributed by atoms with Gasteiger partial charge in [-0.1, -0.05) is 26.0 Å². The number of rotatable bonds is 4. The molecule has 1 atom stereocenters. The minimum Gasteiger partial charge on any atom is -0.382 e. The highest BCUT2D eigenvalue weighted by atomic mass is 15.1. The molecule has 1 unspecified atom stereocenters. The largest absolute Gasteiger partial charge is 0.382 e. The fourth-order valence-corrected chi connectivity index (χ4v) is 2.90. The maximum atomic E-state index is 3.70. The van der Waals surface area contributed by atoms with E-state index < -0.39 is 0 Å². The third-order valence-corrected chi connectivity index (χ3v) is 4.42. The number of hydrogen-bond acceptors (Lipinski definition) is 2. The van der Waals surface area contributed by atoms with Crippen LogP contribution in [0.5, 0.6) is 0 Å². The first-order valence-electron chi connectivity index (χ1n) is 7.61. The van der Waals surface area contributed by atoms with Crippen LogP contribution in [0.2, 0.25) is 0 Å². The molecule has 1 aromatic carbocycles. The first-order chi connectivity index (χ1) is 9.06. The predicted octanol–water partition coefficient (Wildman–Crippen LogP) is 3.95. The third kappa shape index (κ3) is 3.97. The molecule has 1 saturated heterocycles. The Morgan fingerprint density at radius 2 is 1.84 bits per heavy atom. The second-order valence-corrected chi connectivity index (χ2v) is 6.35. The predicted molar refractivity (Wildman–Crippen MR) is 83.8 cm³/mol. The second kappa shape index (κ2) is 6.42. The van der Waals surface area contributed by atoms with Gasteiger partial charge in [-0.3, -0.25) is 0 Å². The minimum absolute atomic E-state index is 0.566. The molecule has 1 aromatic rings. The zero-order chi connectivity index (χ0) is 13.8. The summed E-state index contributed by atoms with van der Waals surface area (Å²) in [5.41, 5.74) is 2.69. The topological polar surface area (TPSA) is 15.3 Å². The van der Waals surface area contributed by atoms with Crippen molar-refractivity contribution < 1.29 is 0 Å². The van der Waals surface area contributed by atoms with E-state index >= 15 is 0 Å². The van der Waals surface area contributed by atoms with Gasteiger partial charge in [0, 0.05) is 11.7 Å². The molecule has 0 aliphatic carbocycles. The van der Waals surface area contributed by atoms with Crippen molar-refractivity contribution in [2.75, 3.05) is 25.5 Å². The lowest BCUT2D eigenvalue weighted by molar-refractivity contribution is 0.208. The zero-order valence-corrected chi connectivity index (χ0v) is 12.8. The Labute approximate surface area is 118 Å². The quantitative estimate of drug-likeness (QED) is 0.881. The van der Waals surface area contributed by atoms with Gasteiger partial charge in [-0.25, -0.2) is 0 Å². The Kier molecular flexibility index (Phi) is 4.87. The molecular formula is C17H28N2. The van der Waals surface area contributed by atoms with Crippen molar-refractivity contribution in [3.05, 3.63) is 29.8 Å². The van der Waals surface area contributed by atoms with Crippen molar-refractivity contribution in [2.45, 2.75) is 45.6 Å². The molecule has 0 bridgehead atoms. The van der Waals surface area contributed by atoms with E-state index in [1.807, 2.05) is 0 Å². The summed E-state index contributed by atoms with van der Waals surface area (Å²) < 4.78 is 0. The lowest BCUT2D eigenvalue weighted by Gasteiger charge is -2.33. The van der Waals surface area contributed by atoms with Crippen LogP contribution < -0.4 is 5.32 Å². The molecule has 1 N–H and O–H groups in total. The number of anilines is 1. The molecule has 106 valence electrons. The Hall–Kier alpha value is -1.02. The number of nitrogens with zero attached hydrogens (tertiary/aromatic N) is 1. The SMILES string of the molecule is CC(C)c1cccc(NC(C)C2CCN(C)CC2)c1. The summed E-state index contributed by atoms with van der Waals surface area (Å²) in [6.45, 7) is 9.31. The normalized spacial score (nSPS) is 19.6. The van der Waals surface area contributed by atoms with Crippen LogP contribution in [-0.2, 0) is 0 Å². The molecule has 2 nitrogen and oxygen atoms in total. The molecular weight excluding hydrogens is 232 g/mol. The summed E-state index contributed by atoms with van der Waals surface area (Å²) >= 11 is 0. The number of piperidine rings is 1. The van der Waals surface area contributed by atoms with Crippen LogP contribution >= 0.6 is 0 Å². The Morgan fingerprint density at radius 3 is 2.47 bits per heavy atom. The van der Waals surface area contributed by atoms with Crippen molar-refractivity contribution in [1.29, 1.82) is 0 Å². The first-order valence-corrected chi connectivity index (χ1v) is 7.61. The van der Waals surface area contributed by atoms with Gasteiger partial charge in [0.1, 0.15) is 0 Å². The number of likely N-dealkylation sites (tertiary alicyclic amines) is 1. The van der Waals surface area contributed by atoms with Crippen molar-refractivity contribution in [3.8, 4) is 0 Å². The fourth-order valence-electron chi connectivity index (χ4n) is 2.90. The van der Waals surface area contributed by atoms with Crippen LogP contribution in [0.4, 0.5) is 5.69 Å². The van der Waals surface area contributed by atoms with E-state index in [1.54, 1.807) is 0 Å². The van der Waals surface area contributed by atoms with E-state index in [1.165, 1.54) is 37.2 Å². The van der Waals surface area contributed by atoms with Gasteiger partial charge >= 0.3 is 0 Å². The van der Waals surface area contributed by atoms with E-state index in [0.29, 0.717) is 12.0 Å². The fraction of sp³-hybridized carbons (Fsp3) is 0.647. The van der Waals surface area contributed by atoms with Gasteiger partial charge in [-0.05, 0) is 69.4 Å². The van der Waals surface area contributed by atoms with Gasteiger partial charge in [0.2, 0.25) is 0 Å². The molecule has 1 aliphatic heterocycles. The van der Waals surface area contributed by atoms with Crippen molar-refractivity contribution in [1.82, 2.24) is 4.90 Å². The third-order valence-electron chi connectivity index (χ3n) is 4.42. The van der Waals surface area contributed by atoms with E-state index in [0.717, 1.165) is 5.92 Å². The number of benzene rings is 1. The van der Waals surface area contributed by atoms with Gasteiger partial charge in [-0.2, -0.15) is 0 Å². The monoisotopic (exact) mass is 260 g/mol. The summed E-state index contributed by atoms with van der Waals surface area (Å²) in [7, 11) is 2.22. The molecule has 0 radical (unpaired) electrons. The van der Waals surface area contributed by atoms with Gasteiger partial charge < -0.3 is 10.2 Å². The molecule has 2 rings (SSSR count). The van der Waals surface area contributed by atoms with Gasteiger partial charge in [0.25, 0.3) is 0 Å². The highest BCUT2D eigenvalue weighted by Crippen LogP contribution is 2.24. The van der Waals surface area contributed by atoms with E-state index in [9.17, 15) is 0 Å². The lowest BCUT2D eigenvalue weighted by atomic mass is 9.90. The Bertz CT molecular complexity index is 392. The highest BCUT2D eigenvalue weighted by Gasteiger charge is 2.22. The van der Waals surface area contributed by atoms with Gasteiger partial charge in [0.05, 0.1) is 0 Å². The molecule has 1 aliphatic rings. The molecule has 1 heterocycles. The van der Waals surface area contributed by atoms with Crippen LogP contribution in [0.25, 0.3) is 0 Å². The smallest absolute Gasteiger partial charge is 0.0345 e. The maximum absolute atomic E-state index is 3.70. The maximum Gasteiger partial charge on any atom is 0.0345 e. The van der Waals surface area contributed by atoms with Crippen LogP contribution in [0.3, 0.4) is 0 Å². The minimum atomic E-state index is 0.566. The zero-order valence-electron chi connectivity index (χ0n) is 12.8.